The molecular formula is C38H45NO15. The van der Waals surface area contributed by atoms with Crippen LogP contribution in [0.25, 0.3) is 6.08 Å². The zero-order valence-corrected chi connectivity index (χ0v) is 29.7. The number of carbonyl (C=O) groups is 2. The number of rotatable bonds is 13. The highest BCUT2D eigenvalue weighted by atomic mass is 16.8. The Labute approximate surface area is 311 Å². The molecule has 2 saturated heterocycles. The molecule has 0 radical (unpaired) electrons. The number of ether oxygens (including phenoxy) is 7. The van der Waals surface area contributed by atoms with Crippen molar-refractivity contribution in [3.63, 3.8) is 0 Å². The first-order valence-electron chi connectivity index (χ1n) is 17.5. The van der Waals surface area contributed by atoms with Gasteiger partial charge >= 0.3 is 5.97 Å². The van der Waals surface area contributed by atoms with Crippen molar-refractivity contribution < 1.29 is 73.4 Å². The third-order valence-corrected chi connectivity index (χ3v) is 10.2. The smallest absolute Gasteiger partial charge is 0.331 e. The third kappa shape index (κ3) is 7.63. The molecule has 0 spiro atoms. The van der Waals surface area contributed by atoms with Crippen LogP contribution in [0.2, 0.25) is 0 Å². The summed E-state index contributed by atoms with van der Waals surface area (Å²) in [4.78, 5) is 28.7. The maximum absolute atomic E-state index is 13.8. The number of phenolic OH excluding ortho intramolecular Hbond substituents is 1. The molecule has 0 unspecified atom stereocenters. The van der Waals surface area contributed by atoms with Crippen LogP contribution in [0.3, 0.4) is 0 Å². The Morgan fingerprint density at radius 3 is 2.48 bits per heavy atom. The summed E-state index contributed by atoms with van der Waals surface area (Å²) in [6, 6.07) is 7.70. The quantitative estimate of drug-likeness (QED) is 0.0942. The van der Waals surface area contributed by atoms with Gasteiger partial charge in [0.15, 0.2) is 29.1 Å². The zero-order valence-electron chi connectivity index (χ0n) is 29.7. The van der Waals surface area contributed by atoms with Gasteiger partial charge in [-0.15, -0.1) is 6.58 Å². The molecule has 4 heterocycles. The summed E-state index contributed by atoms with van der Waals surface area (Å²) in [6.07, 6.45) is -3.45. The second kappa shape index (κ2) is 16.8. The summed E-state index contributed by atoms with van der Waals surface area (Å²) in [6.45, 7) is 2.90. The molecule has 0 aliphatic carbocycles. The Morgan fingerprint density at radius 1 is 1.04 bits per heavy atom. The van der Waals surface area contributed by atoms with Gasteiger partial charge in [-0.2, -0.15) is 0 Å². The fourth-order valence-corrected chi connectivity index (χ4v) is 7.35. The maximum Gasteiger partial charge on any atom is 0.331 e. The Morgan fingerprint density at radius 2 is 1.80 bits per heavy atom. The summed E-state index contributed by atoms with van der Waals surface area (Å²) in [5.74, 6) is -1.44. The van der Waals surface area contributed by atoms with Crippen molar-refractivity contribution in [1.29, 1.82) is 0 Å². The summed E-state index contributed by atoms with van der Waals surface area (Å²) in [5.41, 5.74) is 2.66. The summed E-state index contributed by atoms with van der Waals surface area (Å²) in [5, 5.41) is 60.9. The minimum atomic E-state index is -1.74. The van der Waals surface area contributed by atoms with Crippen LogP contribution < -0.4 is 14.2 Å². The lowest BCUT2D eigenvalue weighted by molar-refractivity contribution is -0.340. The number of amides is 1. The van der Waals surface area contributed by atoms with Crippen LogP contribution in [-0.2, 0) is 35.0 Å². The van der Waals surface area contributed by atoms with E-state index in [4.69, 9.17) is 33.2 Å². The average molecular weight is 756 g/mol. The van der Waals surface area contributed by atoms with Crippen LogP contribution in [0.15, 0.2) is 60.9 Å². The van der Waals surface area contributed by atoms with Crippen LogP contribution in [0.1, 0.15) is 29.2 Å². The number of aliphatic hydroxyl groups is 5. The third-order valence-electron chi connectivity index (χ3n) is 10.2. The first-order valence-corrected chi connectivity index (χ1v) is 17.5. The normalized spacial score (nSPS) is 29.0. The molecule has 1 amide bonds. The lowest BCUT2D eigenvalue weighted by atomic mass is 9.73. The number of hydrogen-bond donors (Lipinski definition) is 6. The standard InChI is InChI=1S/C38H45NO15/c1-4-22-24-13-26-23-14-27(43)29(48-2)12-20(23)9-10-39(26)36(47)25(24)18-50-37(22)54-38-35(34(46)33(45)31(17-42)52-38)53-32(44)8-6-19-5-7-28(30(11-19)49-3)51-21(15-40)16-41/h4-8,11-12,14,18,21-22,24,26,31,33-35,37-38,40-43,45-46H,1,9-10,13,15-17H2,2-3H3/b8-6+/t22-,24+,26-,31-,33-,34+,35-,37+,38+/m1/s1. The molecule has 0 bridgehead atoms. The number of carbonyl (C=O) groups excluding carboxylic acids is 2. The largest absolute Gasteiger partial charge is 0.504 e. The second-order valence-electron chi connectivity index (χ2n) is 13.3. The molecule has 0 aromatic heterocycles. The molecule has 16 nitrogen and oxygen atoms in total. The molecule has 2 aromatic carbocycles. The Hall–Kier alpha value is -4.68. The number of esters is 1. The Balaban J connectivity index is 1.20. The second-order valence-corrected chi connectivity index (χ2v) is 13.3. The van der Waals surface area contributed by atoms with Crippen LogP contribution in [0.5, 0.6) is 23.0 Å². The van der Waals surface area contributed by atoms with E-state index in [1.165, 1.54) is 32.6 Å². The van der Waals surface area contributed by atoms with E-state index in [1.54, 1.807) is 35.2 Å². The van der Waals surface area contributed by atoms with Crippen LogP contribution in [0.4, 0.5) is 0 Å². The van der Waals surface area contributed by atoms with Crippen LogP contribution in [0, 0.1) is 11.8 Å². The number of aromatic hydroxyl groups is 1. The molecule has 0 saturated carbocycles. The first-order chi connectivity index (χ1) is 26.0. The monoisotopic (exact) mass is 755 g/mol. The summed E-state index contributed by atoms with van der Waals surface area (Å²) >= 11 is 0. The number of hydrogen-bond acceptors (Lipinski definition) is 15. The van der Waals surface area contributed by atoms with Gasteiger partial charge in [0.05, 0.1) is 51.9 Å². The topological polar surface area (TPSA) is 223 Å². The van der Waals surface area contributed by atoms with Crippen molar-refractivity contribution in [2.45, 2.75) is 62.0 Å². The minimum absolute atomic E-state index is 0.0391. The summed E-state index contributed by atoms with van der Waals surface area (Å²) < 4.78 is 39.7. The van der Waals surface area contributed by atoms with Crippen LogP contribution in [-0.4, -0.2) is 131 Å². The van der Waals surface area contributed by atoms with Crippen molar-refractivity contribution in [2.75, 3.05) is 40.6 Å². The van der Waals surface area contributed by atoms with E-state index in [-0.39, 0.29) is 29.2 Å². The van der Waals surface area contributed by atoms with Gasteiger partial charge in [-0.05, 0) is 59.9 Å². The number of aliphatic hydroxyl groups excluding tert-OH is 5. The number of phenols is 1. The first kappa shape index (κ1) is 39.0. The van der Waals surface area contributed by atoms with Gasteiger partial charge in [0.2, 0.25) is 12.6 Å². The number of nitrogens with zero attached hydrogens (tertiary/aromatic N) is 1. The van der Waals surface area contributed by atoms with Crippen molar-refractivity contribution in [3.8, 4) is 23.0 Å². The van der Waals surface area contributed by atoms with Gasteiger partial charge in [0.1, 0.15) is 24.4 Å². The molecular weight excluding hydrogens is 710 g/mol. The number of fused-ring (bicyclic) bond motifs is 4. The van der Waals surface area contributed by atoms with Crippen LogP contribution >= 0.6 is 0 Å². The number of methoxy groups -OCH3 is 2. The van der Waals surface area contributed by atoms with E-state index in [0.717, 1.165) is 17.2 Å². The average Bonchev–Trinajstić information content (AvgIpc) is 3.18. The molecule has 9 atom stereocenters. The summed E-state index contributed by atoms with van der Waals surface area (Å²) in [7, 11) is 2.87. The zero-order chi connectivity index (χ0) is 38.7. The van der Waals surface area contributed by atoms with E-state index in [0.29, 0.717) is 36.3 Å². The molecule has 2 aromatic rings. The Bertz CT molecular complexity index is 1760. The molecule has 4 aliphatic rings. The molecule has 16 heteroatoms. The molecule has 6 N–H and O–H groups in total. The maximum atomic E-state index is 13.8. The van der Waals surface area contributed by atoms with Crippen molar-refractivity contribution >= 4 is 18.0 Å². The molecule has 54 heavy (non-hydrogen) atoms. The predicted octanol–water partition coefficient (Wildman–Crippen LogP) is 0.710. The molecule has 2 fully saturated rings. The van der Waals surface area contributed by atoms with Gasteiger partial charge in [0.25, 0.3) is 5.91 Å². The lowest BCUT2D eigenvalue weighted by Crippen LogP contribution is -2.61. The number of benzene rings is 2. The highest BCUT2D eigenvalue weighted by Crippen LogP contribution is 2.49. The van der Waals surface area contributed by atoms with E-state index < -0.39 is 80.7 Å². The van der Waals surface area contributed by atoms with E-state index in [1.807, 2.05) is 0 Å². The van der Waals surface area contributed by atoms with Gasteiger partial charge in [-0.1, -0.05) is 12.1 Å². The van der Waals surface area contributed by atoms with Crippen molar-refractivity contribution in [3.05, 3.63) is 77.6 Å². The molecule has 6 rings (SSSR count). The van der Waals surface area contributed by atoms with E-state index >= 15 is 0 Å². The van der Waals surface area contributed by atoms with Crippen molar-refractivity contribution in [1.82, 2.24) is 4.90 Å². The minimum Gasteiger partial charge on any atom is -0.504 e. The van der Waals surface area contributed by atoms with Gasteiger partial charge in [-0.25, -0.2) is 4.79 Å². The fraction of sp³-hybridized carbons (Fsp3) is 0.474. The van der Waals surface area contributed by atoms with Crippen molar-refractivity contribution in [2.24, 2.45) is 11.8 Å². The van der Waals surface area contributed by atoms with E-state index in [2.05, 4.69) is 6.58 Å². The number of piperidine rings is 1. The fourth-order valence-electron chi connectivity index (χ4n) is 7.35. The lowest BCUT2D eigenvalue weighted by Gasteiger charge is -2.49. The SMILES string of the molecule is C=C[C@H]1[C@H](O[C@@H]2O[C@H](CO)[C@@H](O)[C@H](O)[C@H]2OC(=O)/C=C/c2ccc(OC(CO)CO)c(OC)c2)OC=C2C(=O)N3CCc4cc(OC)c(O)cc4[C@H]3C[C@H]21. The van der Waals surface area contributed by atoms with Gasteiger partial charge in [-0.3, -0.25) is 4.79 Å². The molecule has 292 valence electrons. The predicted molar refractivity (Wildman–Crippen MR) is 187 cm³/mol. The molecule has 4 aliphatic heterocycles. The Kier molecular flexibility index (Phi) is 12.1. The highest BCUT2D eigenvalue weighted by molar-refractivity contribution is 5.95. The van der Waals surface area contributed by atoms with Gasteiger partial charge in [0, 0.05) is 24.5 Å². The highest BCUT2D eigenvalue weighted by Gasteiger charge is 2.52. The van der Waals surface area contributed by atoms with Gasteiger partial charge < -0.3 is 68.7 Å². The van der Waals surface area contributed by atoms with E-state index in [9.17, 15) is 40.2 Å².